The van der Waals surface area contributed by atoms with Gasteiger partial charge in [0.15, 0.2) is 0 Å². The number of rotatable bonds is 4. The first-order chi connectivity index (χ1) is 7.58. The first kappa shape index (κ1) is 11.3. The summed E-state index contributed by atoms with van der Waals surface area (Å²) < 4.78 is 11.9. The first-order valence-corrected chi connectivity index (χ1v) is 6.62. The smallest absolute Gasteiger partial charge is 0.335 e. The van der Waals surface area contributed by atoms with Crippen molar-refractivity contribution in [3.05, 3.63) is 29.3 Å². The van der Waals surface area contributed by atoms with Gasteiger partial charge in [-0.15, -0.1) is 0 Å². The third-order valence-corrected chi connectivity index (χ3v) is 4.34. The second kappa shape index (κ2) is 4.37. The quantitative estimate of drug-likeness (QED) is 0.875. The van der Waals surface area contributed by atoms with Gasteiger partial charge in [-0.05, 0) is 43.4 Å². The summed E-state index contributed by atoms with van der Waals surface area (Å²) in [5.74, 6) is 0.292. The van der Waals surface area contributed by atoms with Gasteiger partial charge in [-0.2, -0.15) is 0 Å². The molecule has 0 heterocycles. The highest BCUT2D eigenvalue weighted by atomic mass is 32.2. The minimum atomic E-state index is -1.05. The molecule has 0 amide bonds. The summed E-state index contributed by atoms with van der Waals surface area (Å²) >= 11 is 0. The molecule has 1 N–H and O–H groups in total. The molecule has 0 saturated heterocycles. The maximum atomic E-state index is 11.9. The maximum Gasteiger partial charge on any atom is 0.335 e. The van der Waals surface area contributed by atoms with Crippen LogP contribution in [-0.4, -0.2) is 21.0 Å². The van der Waals surface area contributed by atoms with Crippen LogP contribution in [0.1, 0.15) is 28.8 Å². The van der Waals surface area contributed by atoms with E-state index in [9.17, 15) is 9.00 Å². The van der Waals surface area contributed by atoms with Crippen LogP contribution in [0.4, 0.5) is 0 Å². The largest absolute Gasteiger partial charge is 0.478 e. The van der Waals surface area contributed by atoms with E-state index in [4.69, 9.17) is 5.11 Å². The van der Waals surface area contributed by atoms with Crippen LogP contribution in [0.15, 0.2) is 23.1 Å². The third-order valence-electron chi connectivity index (χ3n) is 2.79. The molecule has 1 atom stereocenters. The Hall–Kier alpha value is -1.16. The summed E-state index contributed by atoms with van der Waals surface area (Å²) in [5.41, 5.74) is 0.960. The molecule has 0 aliphatic heterocycles. The Morgan fingerprint density at radius 2 is 2.19 bits per heavy atom. The molecular weight excluding hydrogens is 224 g/mol. The molecule has 1 aromatic rings. The van der Waals surface area contributed by atoms with Crippen LogP contribution in [0.5, 0.6) is 0 Å². The number of carbonyl (C=O) groups is 1. The fourth-order valence-electron chi connectivity index (χ4n) is 1.57. The SMILES string of the molecule is Cc1ccc(S(=O)CC2CC2)cc1C(=O)O. The molecule has 0 bridgehead atoms. The predicted octanol–water partition coefficient (Wildman–Crippen LogP) is 2.21. The van der Waals surface area contributed by atoms with E-state index in [0.717, 1.165) is 12.8 Å². The molecule has 4 heteroatoms. The van der Waals surface area contributed by atoms with Crippen molar-refractivity contribution >= 4 is 16.8 Å². The van der Waals surface area contributed by atoms with Crippen LogP contribution in [0.3, 0.4) is 0 Å². The van der Waals surface area contributed by atoms with Gasteiger partial charge in [0, 0.05) is 10.6 Å². The molecule has 0 radical (unpaired) electrons. The Labute approximate surface area is 96.9 Å². The fraction of sp³-hybridized carbons (Fsp3) is 0.417. The van der Waals surface area contributed by atoms with E-state index in [1.165, 1.54) is 6.07 Å². The molecule has 0 aromatic heterocycles. The van der Waals surface area contributed by atoms with Crippen LogP contribution in [0, 0.1) is 12.8 Å². The van der Waals surface area contributed by atoms with Crippen molar-refractivity contribution in [1.29, 1.82) is 0 Å². The number of carboxylic acid groups (broad SMARTS) is 1. The van der Waals surface area contributed by atoms with Gasteiger partial charge >= 0.3 is 5.97 Å². The monoisotopic (exact) mass is 238 g/mol. The van der Waals surface area contributed by atoms with Gasteiger partial charge in [-0.1, -0.05) is 6.07 Å². The Morgan fingerprint density at radius 1 is 1.50 bits per heavy atom. The van der Waals surface area contributed by atoms with Crippen molar-refractivity contribution in [3.63, 3.8) is 0 Å². The van der Waals surface area contributed by atoms with Gasteiger partial charge in [0.2, 0.25) is 0 Å². The van der Waals surface area contributed by atoms with E-state index in [1.54, 1.807) is 19.1 Å². The zero-order valence-corrected chi connectivity index (χ0v) is 9.92. The van der Waals surface area contributed by atoms with E-state index in [-0.39, 0.29) is 5.56 Å². The molecular formula is C12H14O3S. The standard InChI is InChI=1S/C12H14O3S/c1-8-2-5-10(6-11(8)12(13)14)16(15)7-9-3-4-9/h2,5-6,9H,3-4,7H2,1H3,(H,13,14). The van der Waals surface area contributed by atoms with Gasteiger partial charge in [0.05, 0.1) is 16.4 Å². The number of aromatic carboxylic acids is 1. The zero-order valence-electron chi connectivity index (χ0n) is 9.10. The second-order valence-electron chi connectivity index (χ2n) is 4.24. The maximum absolute atomic E-state index is 11.9. The van der Waals surface area contributed by atoms with Crippen molar-refractivity contribution < 1.29 is 14.1 Å². The lowest BCUT2D eigenvalue weighted by molar-refractivity contribution is 0.0696. The molecule has 2 rings (SSSR count). The van der Waals surface area contributed by atoms with E-state index < -0.39 is 16.8 Å². The molecule has 1 fully saturated rings. The van der Waals surface area contributed by atoms with Crippen LogP contribution in [0.2, 0.25) is 0 Å². The van der Waals surface area contributed by atoms with Crippen LogP contribution in [0.25, 0.3) is 0 Å². The summed E-state index contributed by atoms with van der Waals surface area (Å²) in [6.45, 7) is 1.75. The van der Waals surface area contributed by atoms with Crippen molar-refractivity contribution in [2.75, 3.05) is 5.75 Å². The number of carboxylic acids is 1. The van der Waals surface area contributed by atoms with E-state index in [2.05, 4.69) is 0 Å². The molecule has 1 aromatic carbocycles. The van der Waals surface area contributed by atoms with Gasteiger partial charge in [-0.25, -0.2) is 4.79 Å². The van der Waals surface area contributed by atoms with Gasteiger partial charge in [0.25, 0.3) is 0 Å². The summed E-state index contributed by atoms with van der Waals surface area (Å²) in [7, 11) is -1.05. The minimum absolute atomic E-state index is 0.252. The van der Waals surface area contributed by atoms with Crippen molar-refractivity contribution in [3.8, 4) is 0 Å². The minimum Gasteiger partial charge on any atom is -0.478 e. The number of aryl methyl sites for hydroxylation is 1. The molecule has 3 nitrogen and oxygen atoms in total. The second-order valence-corrected chi connectivity index (χ2v) is 5.73. The summed E-state index contributed by atoms with van der Waals surface area (Å²) in [4.78, 5) is 11.6. The molecule has 1 aliphatic carbocycles. The zero-order chi connectivity index (χ0) is 11.7. The van der Waals surface area contributed by atoms with Crippen molar-refractivity contribution in [1.82, 2.24) is 0 Å². The molecule has 1 unspecified atom stereocenters. The number of benzene rings is 1. The Balaban J connectivity index is 2.23. The van der Waals surface area contributed by atoms with Crippen LogP contribution >= 0.6 is 0 Å². The topological polar surface area (TPSA) is 54.4 Å². The Kier molecular flexibility index (Phi) is 3.10. The van der Waals surface area contributed by atoms with Crippen LogP contribution < -0.4 is 0 Å². The number of hydrogen-bond acceptors (Lipinski definition) is 2. The Morgan fingerprint density at radius 3 is 2.75 bits per heavy atom. The lowest BCUT2D eigenvalue weighted by Gasteiger charge is -2.05. The van der Waals surface area contributed by atoms with Gasteiger partial charge in [-0.3, -0.25) is 4.21 Å². The number of hydrogen-bond donors (Lipinski definition) is 1. The first-order valence-electron chi connectivity index (χ1n) is 5.30. The Bertz CT molecular complexity index is 450. The highest BCUT2D eigenvalue weighted by molar-refractivity contribution is 7.85. The van der Waals surface area contributed by atoms with Crippen LogP contribution in [-0.2, 0) is 10.8 Å². The summed E-state index contributed by atoms with van der Waals surface area (Å²) in [5, 5.41) is 8.97. The van der Waals surface area contributed by atoms with Gasteiger partial charge in [0.1, 0.15) is 0 Å². The molecule has 16 heavy (non-hydrogen) atoms. The summed E-state index contributed by atoms with van der Waals surface area (Å²) in [6.07, 6.45) is 2.31. The van der Waals surface area contributed by atoms with Crippen molar-refractivity contribution in [2.24, 2.45) is 5.92 Å². The highest BCUT2D eigenvalue weighted by Gasteiger charge is 2.24. The molecule has 0 spiro atoms. The third kappa shape index (κ3) is 2.50. The normalized spacial score (nSPS) is 17.1. The fourth-order valence-corrected chi connectivity index (χ4v) is 2.99. The van der Waals surface area contributed by atoms with E-state index >= 15 is 0 Å². The lowest BCUT2D eigenvalue weighted by Crippen LogP contribution is -2.04. The van der Waals surface area contributed by atoms with Crippen molar-refractivity contribution in [2.45, 2.75) is 24.7 Å². The molecule has 1 aliphatic rings. The average Bonchev–Trinajstić information content (AvgIpc) is 3.01. The highest BCUT2D eigenvalue weighted by Crippen LogP contribution is 2.31. The van der Waals surface area contributed by atoms with E-state index in [1.807, 2.05) is 0 Å². The summed E-state index contributed by atoms with van der Waals surface area (Å²) in [6, 6.07) is 5.03. The lowest BCUT2D eigenvalue weighted by atomic mass is 10.1. The van der Waals surface area contributed by atoms with Gasteiger partial charge < -0.3 is 5.11 Å². The average molecular weight is 238 g/mol. The van der Waals surface area contributed by atoms with E-state index in [0.29, 0.717) is 22.1 Å². The molecule has 1 saturated carbocycles. The predicted molar refractivity (Wildman–Crippen MR) is 62.1 cm³/mol. The molecule has 86 valence electrons.